The second kappa shape index (κ2) is 6.13. The summed E-state index contributed by atoms with van der Waals surface area (Å²) in [6.45, 7) is 13.7. The lowest BCUT2D eigenvalue weighted by molar-refractivity contribution is 0.234. The third kappa shape index (κ3) is 4.97. The van der Waals surface area contributed by atoms with Gasteiger partial charge in [0.2, 0.25) is 5.88 Å². The van der Waals surface area contributed by atoms with Crippen LogP contribution in [0.25, 0.3) is 0 Å². The molecule has 1 atom stereocenters. The first-order chi connectivity index (χ1) is 8.70. The van der Waals surface area contributed by atoms with Gasteiger partial charge in [0, 0.05) is 6.54 Å². The van der Waals surface area contributed by atoms with Crippen molar-refractivity contribution in [1.82, 2.24) is 4.98 Å². The fourth-order valence-corrected chi connectivity index (χ4v) is 1.43. The maximum Gasteiger partial charge on any atom is 0.239 e. The van der Waals surface area contributed by atoms with Crippen LogP contribution in [0.5, 0.6) is 5.88 Å². The highest BCUT2D eigenvalue weighted by molar-refractivity contribution is 5.53. The molecular weight excluding hydrogens is 238 g/mol. The van der Waals surface area contributed by atoms with Crippen LogP contribution in [0.3, 0.4) is 0 Å². The van der Waals surface area contributed by atoms with E-state index in [2.05, 4.69) is 38.0 Å². The Kier molecular flexibility index (Phi) is 5.04. The highest BCUT2D eigenvalue weighted by atomic mass is 16.5. The Balaban J connectivity index is 2.69. The van der Waals surface area contributed by atoms with Crippen molar-refractivity contribution >= 4 is 11.5 Å². The lowest BCUT2D eigenvalue weighted by atomic mass is 9.82. The maximum atomic E-state index is 5.85. The molecular formula is C15H27N3O. The second-order valence-electron chi connectivity index (χ2n) is 6.41. The first-order valence-electron chi connectivity index (χ1n) is 6.87. The average molecular weight is 265 g/mol. The molecule has 0 amide bonds. The van der Waals surface area contributed by atoms with E-state index in [9.17, 15) is 0 Å². The van der Waals surface area contributed by atoms with Gasteiger partial charge >= 0.3 is 0 Å². The molecule has 1 aromatic heterocycles. The predicted molar refractivity (Wildman–Crippen MR) is 81.5 cm³/mol. The Morgan fingerprint density at radius 1 is 1.26 bits per heavy atom. The van der Waals surface area contributed by atoms with Gasteiger partial charge in [-0.3, -0.25) is 0 Å². The molecule has 3 N–H and O–H groups in total. The number of ether oxygens (including phenoxy) is 1. The number of nitrogen functional groups attached to an aromatic ring is 1. The van der Waals surface area contributed by atoms with Crippen molar-refractivity contribution in [3.8, 4) is 5.88 Å². The van der Waals surface area contributed by atoms with E-state index in [1.54, 1.807) is 0 Å². The number of hydrogen-bond acceptors (Lipinski definition) is 4. The maximum absolute atomic E-state index is 5.85. The molecule has 19 heavy (non-hydrogen) atoms. The molecule has 0 spiro atoms. The zero-order chi connectivity index (χ0) is 14.6. The number of pyridine rings is 1. The van der Waals surface area contributed by atoms with Gasteiger partial charge in [0.25, 0.3) is 0 Å². The monoisotopic (exact) mass is 265 g/mol. The first-order valence-corrected chi connectivity index (χ1v) is 6.87. The molecule has 4 nitrogen and oxygen atoms in total. The van der Waals surface area contributed by atoms with Crippen LogP contribution >= 0.6 is 0 Å². The van der Waals surface area contributed by atoms with E-state index < -0.39 is 0 Å². The molecule has 0 saturated heterocycles. The molecule has 0 aliphatic rings. The Bertz CT molecular complexity index is 410. The first kappa shape index (κ1) is 15.6. The van der Waals surface area contributed by atoms with Crippen LogP contribution in [0.4, 0.5) is 11.5 Å². The highest BCUT2D eigenvalue weighted by Crippen LogP contribution is 2.26. The van der Waals surface area contributed by atoms with Gasteiger partial charge in [-0.1, -0.05) is 27.7 Å². The van der Waals surface area contributed by atoms with Crippen LogP contribution in [0.2, 0.25) is 0 Å². The van der Waals surface area contributed by atoms with Gasteiger partial charge in [-0.25, -0.2) is 0 Å². The van der Waals surface area contributed by atoms with Crippen molar-refractivity contribution in [1.29, 1.82) is 0 Å². The molecule has 1 aromatic rings. The fourth-order valence-electron chi connectivity index (χ4n) is 1.43. The number of aromatic nitrogens is 1. The molecule has 108 valence electrons. The Morgan fingerprint density at radius 2 is 1.89 bits per heavy atom. The third-order valence-corrected chi connectivity index (χ3v) is 3.30. The van der Waals surface area contributed by atoms with Gasteiger partial charge in [-0.2, -0.15) is 4.98 Å². The van der Waals surface area contributed by atoms with Gasteiger partial charge in [-0.15, -0.1) is 0 Å². The lowest BCUT2D eigenvalue weighted by Gasteiger charge is -2.27. The van der Waals surface area contributed by atoms with E-state index in [1.165, 1.54) is 0 Å². The Hall–Kier alpha value is -1.45. The van der Waals surface area contributed by atoms with Crippen molar-refractivity contribution in [2.24, 2.45) is 11.3 Å². The van der Waals surface area contributed by atoms with Crippen molar-refractivity contribution < 1.29 is 4.74 Å². The molecule has 1 unspecified atom stereocenters. The number of rotatable bonds is 5. The largest absolute Gasteiger partial charge is 0.473 e. The topological polar surface area (TPSA) is 60.2 Å². The molecule has 0 bridgehead atoms. The quantitative estimate of drug-likeness (QED) is 0.854. The summed E-state index contributed by atoms with van der Waals surface area (Å²) in [6, 6.07) is 3.71. The summed E-state index contributed by atoms with van der Waals surface area (Å²) >= 11 is 0. The van der Waals surface area contributed by atoms with Crippen LogP contribution in [0, 0.1) is 11.3 Å². The molecule has 1 rings (SSSR count). The molecule has 0 radical (unpaired) electrons. The van der Waals surface area contributed by atoms with Gasteiger partial charge in [-0.05, 0) is 37.3 Å². The van der Waals surface area contributed by atoms with Gasteiger partial charge in [0.15, 0.2) is 0 Å². The third-order valence-electron chi connectivity index (χ3n) is 3.30. The van der Waals surface area contributed by atoms with E-state index in [1.807, 2.05) is 26.0 Å². The van der Waals surface area contributed by atoms with E-state index >= 15 is 0 Å². The molecule has 1 heterocycles. The Labute approximate surface area is 116 Å². The molecule has 0 aromatic carbocycles. The minimum atomic E-state index is 0.0681. The van der Waals surface area contributed by atoms with E-state index in [-0.39, 0.29) is 11.5 Å². The highest BCUT2D eigenvalue weighted by Gasteiger charge is 2.19. The standard InChI is InChI=1S/C15H27N3O/c1-10(2)19-14-12(16)7-8-13(18-14)17-9-11(3)15(4,5)6/h7-8,10-11H,9,16H2,1-6H3,(H,17,18). The minimum absolute atomic E-state index is 0.0681. The van der Waals surface area contributed by atoms with Gasteiger partial charge < -0.3 is 15.8 Å². The summed E-state index contributed by atoms with van der Waals surface area (Å²) in [5, 5.41) is 3.35. The average Bonchev–Trinajstić information content (AvgIpc) is 2.27. The predicted octanol–water partition coefficient (Wildman–Crippen LogP) is 3.55. The van der Waals surface area contributed by atoms with Gasteiger partial charge in [0.05, 0.1) is 11.8 Å². The van der Waals surface area contributed by atoms with Crippen LogP contribution < -0.4 is 15.8 Å². The number of anilines is 2. The fraction of sp³-hybridized carbons (Fsp3) is 0.667. The zero-order valence-electron chi connectivity index (χ0n) is 12.9. The van der Waals surface area contributed by atoms with Crippen LogP contribution in [0.1, 0.15) is 41.5 Å². The number of nitrogens with one attached hydrogen (secondary N) is 1. The summed E-state index contributed by atoms with van der Waals surface area (Å²) in [5.41, 5.74) is 6.70. The van der Waals surface area contributed by atoms with Crippen LogP contribution in [-0.4, -0.2) is 17.6 Å². The van der Waals surface area contributed by atoms with E-state index in [4.69, 9.17) is 10.5 Å². The SMILES string of the molecule is CC(C)Oc1nc(NCC(C)C(C)(C)C)ccc1N. The van der Waals surface area contributed by atoms with Crippen LogP contribution in [0.15, 0.2) is 12.1 Å². The van der Waals surface area contributed by atoms with Crippen molar-refractivity contribution in [3.05, 3.63) is 12.1 Å². The Morgan fingerprint density at radius 3 is 2.42 bits per heavy atom. The minimum Gasteiger partial charge on any atom is -0.473 e. The van der Waals surface area contributed by atoms with Crippen molar-refractivity contribution in [2.75, 3.05) is 17.6 Å². The summed E-state index contributed by atoms with van der Waals surface area (Å²) < 4.78 is 5.58. The lowest BCUT2D eigenvalue weighted by Crippen LogP contribution is -2.25. The number of nitrogens with two attached hydrogens (primary N) is 1. The molecule has 4 heteroatoms. The van der Waals surface area contributed by atoms with E-state index in [0.717, 1.165) is 12.4 Å². The van der Waals surface area contributed by atoms with E-state index in [0.29, 0.717) is 17.5 Å². The summed E-state index contributed by atoms with van der Waals surface area (Å²) in [5.74, 6) is 1.85. The summed E-state index contributed by atoms with van der Waals surface area (Å²) in [4.78, 5) is 4.41. The smallest absolute Gasteiger partial charge is 0.239 e. The van der Waals surface area contributed by atoms with Gasteiger partial charge in [0.1, 0.15) is 5.82 Å². The molecule has 0 fully saturated rings. The zero-order valence-corrected chi connectivity index (χ0v) is 12.9. The normalized spacial score (nSPS) is 13.4. The summed E-state index contributed by atoms with van der Waals surface area (Å²) in [6.07, 6.45) is 0.0681. The molecule has 0 aliphatic carbocycles. The second-order valence-corrected chi connectivity index (χ2v) is 6.41. The van der Waals surface area contributed by atoms with Crippen molar-refractivity contribution in [2.45, 2.75) is 47.6 Å². The summed E-state index contributed by atoms with van der Waals surface area (Å²) in [7, 11) is 0. The number of nitrogens with zero attached hydrogens (tertiary/aromatic N) is 1. The number of hydrogen-bond donors (Lipinski definition) is 2. The van der Waals surface area contributed by atoms with Crippen LogP contribution in [-0.2, 0) is 0 Å². The molecule has 0 aliphatic heterocycles. The van der Waals surface area contributed by atoms with Crippen molar-refractivity contribution in [3.63, 3.8) is 0 Å². The molecule has 0 saturated carbocycles.